The average Bonchev–Trinajstić information content (AvgIpc) is 2.43. The van der Waals surface area contributed by atoms with Crippen LogP contribution in [0.2, 0.25) is 0 Å². The predicted octanol–water partition coefficient (Wildman–Crippen LogP) is 2.53. The first-order valence-electron chi connectivity index (χ1n) is 7.98. The highest BCUT2D eigenvalue weighted by Crippen LogP contribution is 2.17. The Balaban J connectivity index is 3.81. The first-order valence-corrected chi connectivity index (χ1v) is 7.98. The van der Waals surface area contributed by atoms with E-state index in [0.29, 0.717) is 19.8 Å². The maximum absolute atomic E-state index is 11.9. The molecule has 0 aromatic rings. The second kappa shape index (κ2) is 12.0. The van der Waals surface area contributed by atoms with Gasteiger partial charge in [0, 0.05) is 19.3 Å². The molecule has 0 aliphatic carbocycles. The molecule has 0 aromatic heterocycles. The third kappa shape index (κ3) is 9.82. The number of hydrogen-bond donors (Lipinski definition) is 1. The number of unbranched alkanes of at least 4 members (excludes halogenated alkanes) is 1. The monoisotopic (exact) mass is 303 g/mol. The van der Waals surface area contributed by atoms with Gasteiger partial charge in [-0.15, -0.1) is 0 Å². The summed E-state index contributed by atoms with van der Waals surface area (Å²) < 4.78 is 15.7. The summed E-state index contributed by atoms with van der Waals surface area (Å²) in [6.45, 7) is 10.8. The van der Waals surface area contributed by atoms with Crippen LogP contribution in [0.1, 0.15) is 53.4 Å². The van der Waals surface area contributed by atoms with Gasteiger partial charge in [-0.2, -0.15) is 0 Å². The Morgan fingerprint density at radius 1 is 1.10 bits per heavy atom. The summed E-state index contributed by atoms with van der Waals surface area (Å²) in [5.74, 6) is -0.204. The molecule has 0 fully saturated rings. The Morgan fingerprint density at radius 3 is 2.24 bits per heavy atom. The maximum Gasteiger partial charge on any atom is 0.325 e. The van der Waals surface area contributed by atoms with Gasteiger partial charge in [0.05, 0.1) is 20.3 Å². The zero-order valence-corrected chi connectivity index (χ0v) is 14.4. The molecule has 21 heavy (non-hydrogen) atoms. The molecular formula is C16H33NO4. The maximum atomic E-state index is 11.9. The summed E-state index contributed by atoms with van der Waals surface area (Å²) in [5.41, 5.74) is -0.618. The number of carbonyl (C=O) groups is 1. The molecule has 0 radical (unpaired) electrons. The van der Waals surface area contributed by atoms with E-state index in [4.69, 9.17) is 14.2 Å². The van der Waals surface area contributed by atoms with Crippen molar-refractivity contribution in [1.82, 2.24) is 5.32 Å². The predicted molar refractivity (Wildman–Crippen MR) is 84.5 cm³/mol. The molecule has 0 heterocycles. The number of ether oxygens (including phenoxy) is 3. The molecule has 5 nitrogen and oxygen atoms in total. The molecular weight excluding hydrogens is 270 g/mol. The highest BCUT2D eigenvalue weighted by atomic mass is 16.5. The third-order valence-corrected chi connectivity index (χ3v) is 3.18. The van der Waals surface area contributed by atoms with Gasteiger partial charge >= 0.3 is 5.97 Å². The lowest BCUT2D eigenvalue weighted by molar-refractivity contribution is -0.148. The minimum atomic E-state index is -0.618. The molecule has 0 aromatic carbocycles. The number of carbonyl (C=O) groups excluding carboxylic acids is 1. The van der Waals surface area contributed by atoms with Crippen molar-refractivity contribution in [2.45, 2.75) is 65.0 Å². The molecule has 126 valence electrons. The molecule has 1 unspecified atom stereocenters. The van der Waals surface area contributed by atoms with E-state index in [9.17, 15) is 4.79 Å². The van der Waals surface area contributed by atoms with E-state index < -0.39 is 5.54 Å². The minimum absolute atomic E-state index is 0.204. The SMILES string of the molecule is CCCOCCOCCCCC(C)(NC(C)C)C(=O)OC. The highest BCUT2D eigenvalue weighted by molar-refractivity contribution is 5.80. The van der Waals surface area contributed by atoms with Crippen molar-refractivity contribution in [2.75, 3.05) is 33.5 Å². The lowest BCUT2D eigenvalue weighted by Gasteiger charge is -2.30. The van der Waals surface area contributed by atoms with E-state index in [1.165, 1.54) is 7.11 Å². The Labute approximate surface area is 129 Å². The minimum Gasteiger partial charge on any atom is -0.468 e. The number of esters is 1. The first kappa shape index (κ1) is 20.3. The average molecular weight is 303 g/mol. The molecule has 0 aliphatic heterocycles. The van der Waals surface area contributed by atoms with Crippen molar-refractivity contribution in [3.05, 3.63) is 0 Å². The lowest BCUT2D eigenvalue weighted by atomic mass is 9.94. The van der Waals surface area contributed by atoms with Crippen molar-refractivity contribution >= 4 is 5.97 Å². The van der Waals surface area contributed by atoms with E-state index in [1.54, 1.807) is 0 Å². The molecule has 0 saturated heterocycles. The summed E-state index contributed by atoms with van der Waals surface area (Å²) in [6.07, 6.45) is 3.63. The number of hydrogen-bond acceptors (Lipinski definition) is 5. The Kier molecular flexibility index (Phi) is 11.6. The van der Waals surface area contributed by atoms with Crippen LogP contribution in [0, 0.1) is 0 Å². The van der Waals surface area contributed by atoms with Gasteiger partial charge in [-0.1, -0.05) is 6.92 Å². The molecule has 0 rings (SSSR count). The third-order valence-electron chi connectivity index (χ3n) is 3.18. The smallest absolute Gasteiger partial charge is 0.325 e. The summed E-state index contributed by atoms with van der Waals surface area (Å²) in [7, 11) is 1.43. The van der Waals surface area contributed by atoms with Gasteiger partial charge in [0.2, 0.25) is 0 Å². The summed E-state index contributed by atoms with van der Waals surface area (Å²) in [6, 6.07) is 0.237. The molecule has 5 heteroatoms. The molecule has 0 aliphatic rings. The van der Waals surface area contributed by atoms with Crippen LogP contribution in [0.5, 0.6) is 0 Å². The summed E-state index contributed by atoms with van der Waals surface area (Å²) >= 11 is 0. The second-order valence-electron chi connectivity index (χ2n) is 5.80. The molecule has 0 saturated carbocycles. The van der Waals surface area contributed by atoms with Crippen molar-refractivity contribution in [3.8, 4) is 0 Å². The van der Waals surface area contributed by atoms with E-state index in [1.807, 2.05) is 20.8 Å². The van der Waals surface area contributed by atoms with Gasteiger partial charge < -0.3 is 14.2 Å². The van der Waals surface area contributed by atoms with Crippen molar-refractivity contribution in [2.24, 2.45) is 0 Å². The normalized spacial score (nSPS) is 14.2. The number of methoxy groups -OCH3 is 1. The Bertz CT molecular complexity index is 271. The largest absolute Gasteiger partial charge is 0.468 e. The fourth-order valence-electron chi connectivity index (χ4n) is 2.24. The lowest BCUT2D eigenvalue weighted by Crippen LogP contribution is -2.52. The van der Waals surface area contributed by atoms with Crippen LogP contribution in [0.15, 0.2) is 0 Å². The second-order valence-corrected chi connectivity index (χ2v) is 5.80. The fraction of sp³-hybridized carbons (Fsp3) is 0.938. The van der Waals surface area contributed by atoms with Crippen LogP contribution < -0.4 is 5.32 Å². The fourth-order valence-corrected chi connectivity index (χ4v) is 2.24. The highest BCUT2D eigenvalue weighted by Gasteiger charge is 2.33. The van der Waals surface area contributed by atoms with Crippen molar-refractivity contribution < 1.29 is 19.0 Å². The van der Waals surface area contributed by atoms with E-state index in [-0.39, 0.29) is 12.0 Å². The first-order chi connectivity index (χ1) is 9.96. The van der Waals surface area contributed by atoms with Crippen molar-refractivity contribution in [1.29, 1.82) is 0 Å². The van der Waals surface area contributed by atoms with Gasteiger partial charge in [0.1, 0.15) is 5.54 Å². The zero-order chi connectivity index (χ0) is 16.1. The quantitative estimate of drug-likeness (QED) is 0.418. The van der Waals surface area contributed by atoms with Gasteiger partial charge in [-0.3, -0.25) is 10.1 Å². The van der Waals surface area contributed by atoms with Gasteiger partial charge in [-0.25, -0.2) is 0 Å². The van der Waals surface area contributed by atoms with Gasteiger partial charge in [-0.05, 0) is 46.5 Å². The summed E-state index contributed by atoms with van der Waals surface area (Å²) in [4.78, 5) is 11.9. The topological polar surface area (TPSA) is 56.8 Å². The summed E-state index contributed by atoms with van der Waals surface area (Å²) in [5, 5.41) is 3.30. The van der Waals surface area contributed by atoms with Gasteiger partial charge in [0.25, 0.3) is 0 Å². The molecule has 1 atom stereocenters. The van der Waals surface area contributed by atoms with Crippen LogP contribution in [0.25, 0.3) is 0 Å². The van der Waals surface area contributed by atoms with E-state index in [0.717, 1.165) is 32.3 Å². The molecule has 0 amide bonds. The molecule has 1 N–H and O–H groups in total. The van der Waals surface area contributed by atoms with Crippen LogP contribution in [0.4, 0.5) is 0 Å². The van der Waals surface area contributed by atoms with Crippen LogP contribution >= 0.6 is 0 Å². The zero-order valence-electron chi connectivity index (χ0n) is 14.4. The number of nitrogens with one attached hydrogen (secondary N) is 1. The van der Waals surface area contributed by atoms with Crippen LogP contribution in [-0.2, 0) is 19.0 Å². The van der Waals surface area contributed by atoms with Crippen LogP contribution in [0.3, 0.4) is 0 Å². The van der Waals surface area contributed by atoms with Crippen molar-refractivity contribution in [3.63, 3.8) is 0 Å². The van der Waals surface area contributed by atoms with Crippen LogP contribution in [-0.4, -0.2) is 51.1 Å². The molecule has 0 spiro atoms. The molecule has 0 bridgehead atoms. The standard InChI is InChI=1S/C16H33NO4/c1-6-10-20-12-13-21-11-8-7-9-16(4,15(18)19-5)17-14(2)3/h14,17H,6-13H2,1-5H3. The van der Waals surface area contributed by atoms with E-state index in [2.05, 4.69) is 12.2 Å². The Morgan fingerprint density at radius 2 is 1.71 bits per heavy atom. The van der Waals surface area contributed by atoms with Gasteiger partial charge in [0.15, 0.2) is 0 Å². The number of rotatable bonds is 13. The Hall–Kier alpha value is -0.650. The van der Waals surface area contributed by atoms with E-state index >= 15 is 0 Å².